The van der Waals surface area contributed by atoms with E-state index >= 15 is 0 Å². The number of piperidine rings is 1. The number of nitrogens with zero attached hydrogens (tertiary/aromatic N) is 2. The molecule has 0 spiro atoms. The van der Waals surface area contributed by atoms with Crippen molar-refractivity contribution in [3.8, 4) is 17.2 Å². The SMILES string of the molecule is CN1C(=O)C(C)(C)c2ccc(-c3ccc(CC(C#N)NC(=O)C4NC5CCC4C5)cc3)cc21. The van der Waals surface area contributed by atoms with E-state index in [4.69, 9.17) is 0 Å². The van der Waals surface area contributed by atoms with Crippen LogP contribution in [0.2, 0.25) is 0 Å². The van der Waals surface area contributed by atoms with Crippen molar-refractivity contribution >= 4 is 17.5 Å². The third-order valence-corrected chi connectivity index (χ3v) is 7.71. The first-order valence-corrected chi connectivity index (χ1v) is 11.8. The molecule has 2 heterocycles. The maximum atomic E-state index is 12.7. The van der Waals surface area contributed by atoms with Gasteiger partial charge in [0.15, 0.2) is 0 Å². The average molecular weight is 443 g/mol. The van der Waals surface area contributed by atoms with Gasteiger partial charge in [0.05, 0.1) is 17.5 Å². The van der Waals surface area contributed by atoms with Crippen LogP contribution in [0, 0.1) is 17.2 Å². The number of fused-ring (bicyclic) bond motifs is 3. The summed E-state index contributed by atoms with van der Waals surface area (Å²) in [7, 11) is 1.82. The Kier molecular flexibility index (Phi) is 5.25. The van der Waals surface area contributed by atoms with Crippen molar-refractivity contribution in [2.75, 3.05) is 11.9 Å². The second kappa shape index (κ2) is 8.00. The first kappa shape index (κ1) is 21.7. The topological polar surface area (TPSA) is 85.2 Å². The number of carbonyl (C=O) groups is 2. The van der Waals surface area contributed by atoms with Crippen LogP contribution in [0.1, 0.15) is 44.2 Å². The molecule has 6 heteroatoms. The van der Waals surface area contributed by atoms with Crippen molar-refractivity contribution in [1.29, 1.82) is 5.26 Å². The van der Waals surface area contributed by atoms with Crippen molar-refractivity contribution in [2.24, 2.45) is 5.92 Å². The lowest BCUT2D eigenvalue weighted by molar-refractivity contribution is -0.124. The van der Waals surface area contributed by atoms with Gasteiger partial charge in [0.1, 0.15) is 6.04 Å². The fourth-order valence-corrected chi connectivity index (χ4v) is 5.77. The summed E-state index contributed by atoms with van der Waals surface area (Å²) in [6, 6.07) is 16.3. The molecule has 2 aromatic carbocycles. The standard InChI is InChI=1S/C27H30N4O2/c1-27(2)22-11-9-18(14-23(22)31(3)26(27)33)17-6-4-16(5-7-17)12-21(15-28)30-25(32)24-19-8-10-20(13-19)29-24/h4-7,9,11,14,19-21,24,29H,8,10,12-13H2,1-3H3,(H,30,32). The molecule has 0 aromatic heterocycles. The molecule has 5 rings (SSSR count). The van der Waals surface area contributed by atoms with Crippen molar-refractivity contribution in [3.05, 3.63) is 53.6 Å². The van der Waals surface area contributed by atoms with E-state index in [0.717, 1.165) is 47.2 Å². The Morgan fingerprint density at radius 1 is 1.21 bits per heavy atom. The summed E-state index contributed by atoms with van der Waals surface area (Å²) in [6.07, 6.45) is 3.79. The summed E-state index contributed by atoms with van der Waals surface area (Å²) in [6.45, 7) is 3.92. The zero-order valence-electron chi connectivity index (χ0n) is 19.4. The van der Waals surface area contributed by atoms with E-state index in [9.17, 15) is 14.9 Å². The van der Waals surface area contributed by atoms with Gasteiger partial charge in [0, 0.05) is 25.2 Å². The minimum absolute atomic E-state index is 0.0508. The van der Waals surface area contributed by atoms with Gasteiger partial charge in [-0.15, -0.1) is 0 Å². The molecule has 1 saturated heterocycles. The number of anilines is 1. The van der Waals surface area contributed by atoms with Gasteiger partial charge >= 0.3 is 0 Å². The highest BCUT2D eigenvalue weighted by molar-refractivity contribution is 6.07. The molecule has 2 amide bonds. The molecule has 6 nitrogen and oxygen atoms in total. The van der Waals surface area contributed by atoms with Gasteiger partial charge in [-0.3, -0.25) is 9.59 Å². The third-order valence-electron chi connectivity index (χ3n) is 7.71. The second-order valence-corrected chi connectivity index (χ2v) is 10.2. The monoisotopic (exact) mass is 442 g/mol. The third kappa shape index (κ3) is 3.71. The molecule has 0 radical (unpaired) electrons. The predicted octanol–water partition coefficient (Wildman–Crippen LogP) is 3.30. The van der Waals surface area contributed by atoms with Gasteiger partial charge in [-0.05, 0) is 67.3 Å². The molecule has 2 bridgehead atoms. The zero-order chi connectivity index (χ0) is 23.3. The number of benzene rings is 2. The van der Waals surface area contributed by atoms with Crippen LogP contribution in [0.5, 0.6) is 0 Å². The van der Waals surface area contributed by atoms with Crippen LogP contribution in [0.15, 0.2) is 42.5 Å². The summed E-state index contributed by atoms with van der Waals surface area (Å²) < 4.78 is 0. The van der Waals surface area contributed by atoms with Gasteiger partial charge in [-0.1, -0.05) is 36.4 Å². The Balaban J connectivity index is 1.27. The maximum Gasteiger partial charge on any atom is 0.238 e. The van der Waals surface area contributed by atoms with E-state index in [1.807, 2.05) is 51.2 Å². The molecular weight excluding hydrogens is 412 g/mol. The first-order chi connectivity index (χ1) is 15.8. The molecule has 1 saturated carbocycles. The largest absolute Gasteiger partial charge is 0.339 e. The molecular formula is C27H30N4O2. The van der Waals surface area contributed by atoms with E-state index in [0.29, 0.717) is 18.4 Å². The smallest absolute Gasteiger partial charge is 0.238 e. The van der Waals surface area contributed by atoms with Crippen LogP contribution in [-0.4, -0.2) is 37.0 Å². The summed E-state index contributed by atoms with van der Waals surface area (Å²) in [5.74, 6) is 0.459. The van der Waals surface area contributed by atoms with Crippen LogP contribution in [0.4, 0.5) is 5.69 Å². The van der Waals surface area contributed by atoms with Gasteiger partial charge in [-0.25, -0.2) is 0 Å². The van der Waals surface area contributed by atoms with Gasteiger partial charge in [0.25, 0.3) is 0 Å². The highest BCUT2D eigenvalue weighted by atomic mass is 16.2. The van der Waals surface area contributed by atoms with Crippen LogP contribution in [0.3, 0.4) is 0 Å². The van der Waals surface area contributed by atoms with Crippen LogP contribution < -0.4 is 15.5 Å². The summed E-state index contributed by atoms with van der Waals surface area (Å²) in [5, 5.41) is 15.9. The molecule has 3 aliphatic rings. The molecule has 4 atom stereocenters. The van der Waals surface area contributed by atoms with E-state index in [2.05, 4.69) is 28.8 Å². The maximum absolute atomic E-state index is 12.7. The average Bonchev–Trinajstić information content (AvgIpc) is 3.50. The van der Waals surface area contributed by atoms with E-state index < -0.39 is 11.5 Å². The van der Waals surface area contributed by atoms with Crippen LogP contribution >= 0.6 is 0 Å². The van der Waals surface area contributed by atoms with Gasteiger partial charge in [-0.2, -0.15) is 5.26 Å². The normalized spacial score (nSPS) is 25.6. The number of hydrogen-bond acceptors (Lipinski definition) is 4. The quantitative estimate of drug-likeness (QED) is 0.744. The molecule has 2 N–H and O–H groups in total. The zero-order valence-corrected chi connectivity index (χ0v) is 19.4. The Morgan fingerprint density at radius 2 is 1.94 bits per heavy atom. The molecule has 2 fully saturated rings. The van der Waals surface area contributed by atoms with Gasteiger partial charge < -0.3 is 15.5 Å². The Bertz CT molecular complexity index is 1150. The molecule has 33 heavy (non-hydrogen) atoms. The summed E-state index contributed by atoms with van der Waals surface area (Å²) in [4.78, 5) is 27.0. The van der Waals surface area contributed by atoms with E-state index in [-0.39, 0.29) is 17.9 Å². The lowest BCUT2D eigenvalue weighted by Gasteiger charge is -2.23. The molecule has 4 unspecified atom stereocenters. The Labute approximate surface area is 195 Å². The van der Waals surface area contributed by atoms with Crippen molar-refractivity contribution in [2.45, 2.75) is 63.1 Å². The summed E-state index contributed by atoms with van der Waals surface area (Å²) in [5.41, 5.74) is 4.60. The second-order valence-electron chi connectivity index (χ2n) is 10.2. The minimum Gasteiger partial charge on any atom is -0.339 e. The molecule has 2 aliphatic heterocycles. The number of nitriles is 1. The summed E-state index contributed by atoms with van der Waals surface area (Å²) >= 11 is 0. The van der Waals surface area contributed by atoms with Gasteiger partial charge in [0.2, 0.25) is 11.8 Å². The molecule has 1 aliphatic carbocycles. The van der Waals surface area contributed by atoms with Crippen LogP contribution in [-0.2, 0) is 21.4 Å². The van der Waals surface area contributed by atoms with E-state index in [1.165, 1.54) is 0 Å². The van der Waals surface area contributed by atoms with Crippen molar-refractivity contribution in [1.82, 2.24) is 10.6 Å². The highest BCUT2D eigenvalue weighted by Crippen LogP contribution is 2.42. The molecule has 2 aromatic rings. The highest BCUT2D eigenvalue weighted by Gasteiger charge is 2.43. The number of amides is 2. The Morgan fingerprint density at radius 3 is 2.58 bits per heavy atom. The van der Waals surface area contributed by atoms with Crippen molar-refractivity contribution in [3.63, 3.8) is 0 Å². The lowest BCUT2D eigenvalue weighted by Crippen LogP contribution is -2.50. The number of carbonyl (C=O) groups excluding carboxylic acids is 2. The van der Waals surface area contributed by atoms with Crippen LogP contribution in [0.25, 0.3) is 11.1 Å². The number of likely N-dealkylation sites (N-methyl/N-ethyl adjacent to an activating group) is 1. The number of rotatable bonds is 5. The van der Waals surface area contributed by atoms with Crippen molar-refractivity contribution < 1.29 is 9.59 Å². The first-order valence-electron chi connectivity index (χ1n) is 11.8. The predicted molar refractivity (Wildman–Crippen MR) is 128 cm³/mol. The fourth-order valence-electron chi connectivity index (χ4n) is 5.77. The molecule has 170 valence electrons. The number of hydrogen-bond donors (Lipinski definition) is 2. The lowest BCUT2D eigenvalue weighted by atomic mass is 9.85. The minimum atomic E-state index is -0.550. The number of nitrogens with one attached hydrogen (secondary N) is 2. The van der Waals surface area contributed by atoms with E-state index in [1.54, 1.807) is 4.90 Å². The Hall–Kier alpha value is -3.17. The fraction of sp³-hybridized carbons (Fsp3) is 0.444.